The van der Waals surface area contributed by atoms with Crippen LogP contribution in [0.2, 0.25) is 0 Å². The Morgan fingerprint density at radius 1 is 1.29 bits per heavy atom. The van der Waals surface area contributed by atoms with Gasteiger partial charge in [0.1, 0.15) is 5.82 Å². The molecule has 0 bridgehead atoms. The molecule has 2 nitrogen and oxygen atoms in total. The van der Waals surface area contributed by atoms with Gasteiger partial charge in [-0.25, -0.2) is 4.39 Å². The van der Waals surface area contributed by atoms with Gasteiger partial charge in [-0.05, 0) is 36.2 Å². The molecule has 1 aromatic heterocycles. The first kappa shape index (κ1) is 15.7. The zero-order valence-electron chi connectivity index (χ0n) is 12.0. The van der Waals surface area contributed by atoms with E-state index in [9.17, 15) is 4.39 Å². The standard InChI is InChI=1S/C17H18FNOS/c1-19(13-16-6-4-10-21-16)12-14-7-8-17(18)15(11-14)5-2-3-9-20/h4,6-8,10-11,20H,3,9,12-13H2,1H3. The maximum atomic E-state index is 13.7. The highest BCUT2D eigenvalue weighted by molar-refractivity contribution is 7.09. The molecule has 0 atom stereocenters. The van der Waals surface area contributed by atoms with Crippen LogP contribution >= 0.6 is 11.3 Å². The predicted molar refractivity (Wildman–Crippen MR) is 84.5 cm³/mol. The van der Waals surface area contributed by atoms with Gasteiger partial charge in [-0.3, -0.25) is 4.90 Å². The fourth-order valence-corrected chi connectivity index (χ4v) is 2.80. The van der Waals surface area contributed by atoms with Crippen LogP contribution in [0, 0.1) is 17.7 Å². The summed E-state index contributed by atoms with van der Waals surface area (Å²) in [6.07, 6.45) is 0.363. The lowest BCUT2D eigenvalue weighted by Crippen LogP contribution is -2.16. The molecule has 0 fully saturated rings. The summed E-state index contributed by atoms with van der Waals surface area (Å²) >= 11 is 1.73. The third-order valence-electron chi connectivity index (χ3n) is 2.95. The molecule has 1 aromatic carbocycles. The minimum absolute atomic E-state index is 0.00212. The Bertz CT molecular complexity index is 628. The topological polar surface area (TPSA) is 23.5 Å². The molecule has 0 aliphatic carbocycles. The fraction of sp³-hybridized carbons (Fsp3) is 0.294. The van der Waals surface area contributed by atoms with E-state index in [1.54, 1.807) is 23.5 Å². The van der Waals surface area contributed by atoms with Gasteiger partial charge in [-0.1, -0.05) is 24.0 Å². The number of hydrogen-bond donors (Lipinski definition) is 1. The highest BCUT2D eigenvalue weighted by atomic mass is 32.1. The van der Waals surface area contributed by atoms with E-state index in [1.807, 2.05) is 13.1 Å². The minimum atomic E-state index is -0.315. The molecule has 0 spiro atoms. The van der Waals surface area contributed by atoms with Crippen LogP contribution in [0.5, 0.6) is 0 Å². The van der Waals surface area contributed by atoms with Crippen molar-refractivity contribution in [1.82, 2.24) is 4.90 Å². The van der Waals surface area contributed by atoms with Crippen molar-refractivity contribution < 1.29 is 9.50 Å². The number of aliphatic hydroxyl groups excluding tert-OH is 1. The van der Waals surface area contributed by atoms with Crippen molar-refractivity contribution in [1.29, 1.82) is 0 Å². The van der Waals surface area contributed by atoms with Gasteiger partial charge < -0.3 is 5.11 Å². The first-order valence-corrected chi connectivity index (χ1v) is 7.66. The second-order valence-corrected chi connectivity index (χ2v) is 5.87. The van der Waals surface area contributed by atoms with Crippen LogP contribution in [0.1, 0.15) is 22.4 Å². The Morgan fingerprint density at radius 2 is 2.14 bits per heavy atom. The fourth-order valence-electron chi connectivity index (χ4n) is 2.02. The van der Waals surface area contributed by atoms with Crippen molar-refractivity contribution in [2.45, 2.75) is 19.5 Å². The van der Waals surface area contributed by atoms with Crippen molar-refractivity contribution in [2.24, 2.45) is 0 Å². The molecule has 0 saturated heterocycles. The molecule has 0 amide bonds. The van der Waals surface area contributed by atoms with Crippen LogP contribution < -0.4 is 0 Å². The number of aliphatic hydroxyl groups is 1. The molecule has 0 unspecified atom stereocenters. The molecule has 0 radical (unpaired) electrons. The SMILES string of the molecule is CN(Cc1ccc(F)c(C#CCCO)c1)Cc1cccs1. The molecular formula is C17H18FNOS. The second kappa shape index (κ2) is 7.94. The Kier molecular flexibility index (Phi) is 5.94. The van der Waals surface area contributed by atoms with E-state index in [1.165, 1.54) is 10.9 Å². The lowest BCUT2D eigenvalue weighted by atomic mass is 10.1. The van der Waals surface area contributed by atoms with Gasteiger partial charge >= 0.3 is 0 Å². The van der Waals surface area contributed by atoms with Gasteiger partial charge in [0, 0.05) is 24.4 Å². The smallest absolute Gasteiger partial charge is 0.138 e. The van der Waals surface area contributed by atoms with Gasteiger partial charge in [0.25, 0.3) is 0 Å². The maximum Gasteiger partial charge on any atom is 0.138 e. The van der Waals surface area contributed by atoms with E-state index in [-0.39, 0.29) is 12.4 Å². The Hall–Kier alpha value is -1.67. The lowest BCUT2D eigenvalue weighted by molar-refractivity contribution is 0.305. The number of benzene rings is 1. The van der Waals surface area contributed by atoms with Gasteiger partial charge in [0.05, 0.1) is 12.2 Å². The predicted octanol–water partition coefficient (Wildman–Crippen LogP) is 3.25. The first-order chi connectivity index (χ1) is 10.2. The molecular weight excluding hydrogens is 285 g/mol. The highest BCUT2D eigenvalue weighted by Gasteiger charge is 2.05. The van der Waals surface area contributed by atoms with Crippen LogP contribution in [0.3, 0.4) is 0 Å². The molecule has 2 rings (SSSR count). The average molecular weight is 303 g/mol. The number of thiophene rings is 1. The van der Waals surface area contributed by atoms with E-state index in [4.69, 9.17) is 5.11 Å². The number of nitrogens with zero attached hydrogens (tertiary/aromatic N) is 1. The zero-order chi connectivity index (χ0) is 15.1. The molecule has 2 aromatic rings. The average Bonchev–Trinajstić information content (AvgIpc) is 2.95. The van der Waals surface area contributed by atoms with Crippen LogP contribution in [0.25, 0.3) is 0 Å². The summed E-state index contributed by atoms with van der Waals surface area (Å²) in [5.41, 5.74) is 1.43. The van der Waals surface area contributed by atoms with E-state index in [2.05, 4.69) is 28.2 Å². The molecule has 0 aliphatic heterocycles. The van der Waals surface area contributed by atoms with Gasteiger partial charge in [0.15, 0.2) is 0 Å². The van der Waals surface area contributed by atoms with Crippen molar-refractivity contribution >= 4 is 11.3 Å². The van der Waals surface area contributed by atoms with E-state index in [0.717, 1.165) is 18.7 Å². The molecule has 4 heteroatoms. The molecule has 1 N–H and O–H groups in total. The Labute approximate surface area is 128 Å². The van der Waals surface area contributed by atoms with Gasteiger partial charge in [-0.2, -0.15) is 0 Å². The van der Waals surface area contributed by atoms with Gasteiger partial charge in [0.2, 0.25) is 0 Å². The quantitative estimate of drug-likeness (QED) is 0.857. The molecule has 1 heterocycles. The highest BCUT2D eigenvalue weighted by Crippen LogP contribution is 2.15. The summed E-state index contributed by atoms with van der Waals surface area (Å²) in [7, 11) is 2.04. The summed E-state index contributed by atoms with van der Waals surface area (Å²) in [5.74, 6) is 5.21. The third kappa shape index (κ3) is 4.98. The third-order valence-corrected chi connectivity index (χ3v) is 3.81. The monoisotopic (exact) mass is 303 g/mol. The summed E-state index contributed by atoms with van der Waals surface area (Å²) in [4.78, 5) is 3.49. The number of hydrogen-bond acceptors (Lipinski definition) is 3. The van der Waals surface area contributed by atoms with Crippen LogP contribution in [-0.4, -0.2) is 23.7 Å². The van der Waals surface area contributed by atoms with Crippen LogP contribution in [0.4, 0.5) is 4.39 Å². The Morgan fingerprint density at radius 3 is 2.86 bits per heavy atom. The van der Waals surface area contributed by atoms with Crippen molar-refractivity contribution in [3.8, 4) is 11.8 Å². The zero-order valence-corrected chi connectivity index (χ0v) is 12.8. The van der Waals surface area contributed by atoms with Crippen LogP contribution in [0.15, 0.2) is 35.7 Å². The van der Waals surface area contributed by atoms with Crippen molar-refractivity contribution in [2.75, 3.05) is 13.7 Å². The van der Waals surface area contributed by atoms with Gasteiger partial charge in [-0.15, -0.1) is 11.3 Å². The lowest BCUT2D eigenvalue weighted by Gasteiger charge is -2.16. The van der Waals surface area contributed by atoms with Crippen molar-refractivity contribution in [3.63, 3.8) is 0 Å². The van der Waals surface area contributed by atoms with E-state index < -0.39 is 0 Å². The van der Waals surface area contributed by atoms with E-state index >= 15 is 0 Å². The largest absolute Gasteiger partial charge is 0.395 e. The molecule has 110 valence electrons. The van der Waals surface area contributed by atoms with Crippen molar-refractivity contribution in [3.05, 3.63) is 57.5 Å². The summed E-state index contributed by atoms with van der Waals surface area (Å²) < 4.78 is 13.7. The van der Waals surface area contributed by atoms with E-state index in [0.29, 0.717) is 12.0 Å². The summed E-state index contributed by atoms with van der Waals surface area (Å²) in [5, 5.41) is 10.8. The Balaban J connectivity index is 2.03. The first-order valence-electron chi connectivity index (χ1n) is 6.78. The number of halogens is 1. The normalized spacial score (nSPS) is 10.5. The molecule has 0 aliphatic rings. The van der Waals surface area contributed by atoms with Crippen LogP contribution in [-0.2, 0) is 13.1 Å². The second-order valence-electron chi connectivity index (χ2n) is 4.84. The summed E-state index contributed by atoms with van der Waals surface area (Å²) in [6, 6.07) is 9.18. The summed E-state index contributed by atoms with van der Waals surface area (Å²) in [6.45, 7) is 1.62. The number of rotatable bonds is 5. The molecule has 21 heavy (non-hydrogen) atoms. The molecule has 0 saturated carbocycles. The maximum absolute atomic E-state index is 13.7. The minimum Gasteiger partial charge on any atom is -0.395 e.